The van der Waals surface area contributed by atoms with Crippen molar-refractivity contribution in [2.75, 3.05) is 13.2 Å². The van der Waals surface area contributed by atoms with Gasteiger partial charge in [0.15, 0.2) is 6.10 Å². The van der Waals surface area contributed by atoms with Crippen molar-refractivity contribution in [2.24, 2.45) is 0 Å². The second-order valence-electron chi connectivity index (χ2n) is 17.7. The Balaban J connectivity index is 4.52. The molecule has 0 saturated heterocycles. The zero-order valence-corrected chi connectivity index (χ0v) is 42.9. The van der Waals surface area contributed by atoms with Crippen LogP contribution >= 0.6 is 0 Å². The lowest BCUT2D eigenvalue weighted by Gasteiger charge is -2.18. The average molecular weight is 917 g/mol. The molecule has 0 aliphatic rings. The second kappa shape index (κ2) is 53.9. The minimum Gasteiger partial charge on any atom is -0.462 e. The predicted molar refractivity (Wildman–Crippen MR) is 284 cm³/mol. The monoisotopic (exact) mass is 917 g/mol. The second-order valence-corrected chi connectivity index (χ2v) is 17.7. The number of unbranched alkanes of at least 4 members (excludes halogenated alkanes) is 21. The van der Waals surface area contributed by atoms with Crippen molar-refractivity contribution >= 4 is 17.9 Å². The summed E-state index contributed by atoms with van der Waals surface area (Å²) in [5.74, 6) is -0.990. The topological polar surface area (TPSA) is 78.9 Å². The van der Waals surface area contributed by atoms with Crippen LogP contribution in [0.15, 0.2) is 97.2 Å². The van der Waals surface area contributed by atoms with E-state index in [1.54, 1.807) is 0 Å². The van der Waals surface area contributed by atoms with Crippen LogP contribution in [0.2, 0.25) is 0 Å². The molecule has 66 heavy (non-hydrogen) atoms. The number of carbonyl (C=O) groups is 3. The van der Waals surface area contributed by atoms with Crippen LogP contribution in [0.3, 0.4) is 0 Å². The van der Waals surface area contributed by atoms with E-state index in [2.05, 4.69) is 118 Å². The van der Waals surface area contributed by atoms with E-state index in [1.165, 1.54) is 83.5 Å². The minimum atomic E-state index is -0.812. The zero-order valence-electron chi connectivity index (χ0n) is 42.9. The summed E-state index contributed by atoms with van der Waals surface area (Å²) in [6.07, 6.45) is 71.1. The Morgan fingerprint density at radius 2 is 0.606 bits per heavy atom. The van der Waals surface area contributed by atoms with Gasteiger partial charge in [0, 0.05) is 19.3 Å². The molecule has 0 rings (SSSR count). The fourth-order valence-electron chi connectivity index (χ4n) is 7.21. The molecule has 0 aliphatic carbocycles. The number of hydrogen-bond acceptors (Lipinski definition) is 6. The lowest BCUT2D eigenvalue weighted by molar-refractivity contribution is -0.167. The molecule has 0 radical (unpaired) electrons. The molecule has 0 aliphatic heterocycles. The van der Waals surface area contributed by atoms with Crippen molar-refractivity contribution in [1.29, 1.82) is 0 Å². The molecule has 0 unspecified atom stereocenters. The molecular formula is C60H100O6. The van der Waals surface area contributed by atoms with E-state index >= 15 is 0 Å². The van der Waals surface area contributed by atoms with E-state index in [-0.39, 0.29) is 37.5 Å². The molecule has 6 heteroatoms. The van der Waals surface area contributed by atoms with Gasteiger partial charge in [0.2, 0.25) is 0 Å². The van der Waals surface area contributed by atoms with Gasteiger partial charge in [-0.1, -0.05) is 208 Å². The normalized spacial score (nSPS) is 12.8. The van der Waals surface area contributed by atoms with E-state index in [0.29, 0.717) is 19.3 Å². The van der Waals surface area contributed by atoms with E-state index in [9.17, 15) is 14.4 Å². The summed E-state index contributed by atoms with van der Waals surface area (Å²) in [5, 5.41) is 0. The van der Waals surface area contributed by atoms with Crippen LogP contribution < -0.4 is 0 Å². The standard InChI is InChI=1S/C60H100O6/c1-4-7-10-13-16-19-22-25-28-30-33-35-38-41-44-47-50-53-59(62)65-56-57(55-64-58(61)52-49-46-43-40-37-34-31-27-24-21-18-15-12-9-6-3)66-60(63)54-51-48-45-42-39-36-32-29-26-23-20-17-14-11-8-5-2/h9,12,16,18-19,21,25,27-29,31-33,35,41,44,57H,4-8,10-11,13-15,17,20,22-24,26,30,34,36-40,42-43,45-56H2,1-3H3/b12-9-,19-16-,21-18-,28-25-,31-27-,32-29-,35-33-,44-41-/t57-/m1/s1. The van der Waals surface area contributed by atoms with Crippen LogP contribution in [-0.4, -0.2) is 37.2 Å². The van der Waals surface area contributed by atoms with Gasteiger partial charge in [0.1, 0.15) is 13.2 Å². The highest BCUT2D eigenvalue weighted by Crippen LogP contribution is 2.13. The Morgan fingerprint density at radius 1 is 0.318 bits per heavy atom. The van der Waals surface area contributed by atoms with E-state index < -0.39 is 6.10 Å². The van der Waals surface area contributed by atoms with Gasteiger partial charge in [-0.05, 0) is 116 Å². The molecule has 0 heterocycles. The smallest absolute Gasteiger partial charge is 0.306 e. The molecule has 6 nitrogen and oxygen atoms in total. The SMILES string of the molecule is CC/C=C\C/C=C\C/C=C\CCCCCCCC(=O)OC[C@H](COC(=O)CCC/C=C\C/C=C\C/C=C\C/C=C\CCCCC)OC(=O)CCCCCCC/C=C\CCCCCCCCC. The van der Waals surface area contributed by atoms with Crippen LogP contribution in [0.1, 0.15) is 245 Å². The molecule has 0 bridgehead atoms. The quantitative estimate of drug-likeness (QED) is 0.0262. The molecule has 0 fully saturated rings. The summed E-state index contributed by atoms with van der Waals surface area (Å²) < 4.78 is 16.8. The van der Waals surface area contributed by atoms with Gasteiger partial charge >= 0.3 is 17.9 Å². The molecule has 0 N–H and O–H groups in total. The third-order valence-electron chi connectivity index (χ3n) is 11.3. The maximum Gasteiger partial charge on any atom is 0.306 e. The van der Waals surface area contributed by atoms with Crippen LogP contribution in [0.25, 0.3) is 0 Å². The Kier molecular flexibility index (Phi) is 50.9. The number of hydrogen-bond donors (Lipinski definition) is 0. The molecule has 0 spiro atoms. The maximum atomic E-state index is 12.8. The third-order valence-corrected chi connectivity index (χ3v) is 11.3. The van der Waals surface area contributed by atoms with Crippen molar-refractivity contribution < 1.29 is 28.6 Å². The predicted octanol–water partition coefficient (Wildman–Crippen LogP) is 18.1. The fourth-order valence-corrected chi connectivity index (χ4v) is 7.21. The summed E-state index contributed by atoms with van der Waals surface area (Å²) in [6, 6.07) is 0. The molecule has 1 atom stereocenters. The van der Waals surface area contributed by atoms with Gasteiger partial charge in [0.25, 0.3) is 0 Å². The highest BCUT2D eigenvalue weighted by Gasteiger charge is 2.19. The van der Waals surface area contributed by atoms with Gasteiger partial charge in [-0.2, -0.15) is 0 Å². The zero-order chi connectivity index (χ0) is 47.9. The Hall–Kier alpha value is -3.67. The lowest BCUT2D eigenvalue weighted by Crippen LogP contribution is -2.30. The molecule has 376 valence electrons. The first-order valence-electron chi connectivity index (χ1n) is 27.2. The van der Waals surface area contributed by atoms with Crippen molar-refractivity contribution in [1.82, 2.24) is 0 Å². The van der Waals surface area contributed by atoms with Crippen molar-refractivity contribution in [2.45, 2.75) is 252 Å². The molecular weight excluding hydrogens is 817 g/mol. The summed E-state index contributed by atoms with van der Waals surface area (Å²) in [4.78, 5) is 38.1. The fraction of sp³-hybridized carbons (Fsp3) is 0.683. The minimum absolute atomic E-state index is 0.108. The first-order chi connectivity index (χ1) is 32.5. The Labute approximate surface area is 407 Å². The largest absolute Gasteiger partial charge is 0.462 e. The first kappa shape index (κ1) is 62.3. The van der Waals surface area contributed by atoms with Crippen LogP contribution in [0.5, 0.6) is 0 Å². The van der Waals surface area contributed by atoms with Crippen molar-refractivity contribution in [3.63, 3.8) is 0 Å². The summed E-state index contributed by atoms with van der Waals surface area (Å²) in [7, 11) is 0. The number of rotatable bonds is 48. The number of ether oxygens (including phenoxy) is 3. The Morgan fingerprint density at radius 3 is 1.03 bits per heavy atom. The highest BCUT2D eigenvalue weighted by molar-refractivity contribution is 5.71. The highest BCUT2D eigenvalue weighted by atomic mass is 16.6. The molecule has 0 amide bonds. The molecule has 0 aromatic carbocycles. The Bertz CT molecular complexity index is 1330. The van der Waals surface area contributed by atoms with Crippen molar-refractivity contribution in [3.8, 4) is 0 Å². The van der Waals surface area contributed by atoms with E-state index in [0.717, 1.165) is 116 Å². The van der Waals surface area contributed by atoms with Crippen molar-refractivity contribution in [3.05, 3.63) is 97.2 Å². The maximum absolute atomic E-state index is 12.8. The number of carbonyl (C=O) groups excluding carboxylic acids is 3. The van der Waals surface area contributed by atoms with Gasteiger partial charge in [-0.3, -0.25) is 14.4 Å². The van der Waals surface area contributed by atoms with Crippen LogP contribution in [0.4, 0.5) is 0 Å². The average Bonchev–Trinajstić information content (AvgIpc) is 3.31. The van der Waals surface area contributed by atoms with Gasteiger partial charge < -0.3 is 14.2 Å². The van der Waals surface area contributed by atoms with Crippen LogP contribution in [0, 0.1) is 0 Å². The molecule has 0 aromatic rings. The van der Waals surface area contributed by atoms with E-state index in [4.69, 9.17) is 14.2 Å². The number of esters is 3. The third kappa shape index (κ3) is 51.3. The first-order valence-corrected chi connectivity index (χ1v) is 27.2. The summed E-state index contributed by atoms with van der Waals surface area (Å²) in [6.45, 7) is 6.43. The van der Waals surface area contributed by atoms with Gasteiger partial charge in [-0.25, -0.2) is 0 Å². The summed E-state index contributed by atoms with van der Waals surface area (Å²) >= 11 is 0. The molecule has 0 saturated carbocycles. The van der Waals surface area contributed by atoms with Gasteiger partial charge in [-0.15, -0.1) is 0 Å². The summed E-state index contributed by atoms with van der Waals surface area (Å²) in [5.41, 5.74) is 0. The van der Waals surface area contributed by atoms with E-state index in [1.807, 2.05) is 0 Å². The number of allylic oxidation sites excluding steroid dienone is 16. The van der Waals surface area contributed by atoms with Crippen LogP contribution in [-0.2, 0) is 28.6 Å². The lowest BCUT2D eigenvalue weighted by atomic mass is 10.1. The van der Waals surface area contributed by atoms with Gasteiger partial charge in [0.05, 0.1) is 0 Å². The molecule has 0 aromatic heterocycles.